The number of H-pyrrole nitrogens is 1. The Kier molecular flexibility index (Phi) is 5.42. The smallest absolute Gasteiger partial charge is 0.342 e. The van der Waals surface area contributed by atoms with Crippen molar-refractivity contribution in [2.24, 2.45) is 5.92 Å². The molecule has 116 valence electrons. The van der Waals surface area contributed by atoms with Crippen LogP contribution in [0.4, 0.5) is 5.69 Å². The van der Waals surface area contributed by atoms with Crippen LogP contribution in [0.1, 0.15) is 61.5 Å². The summed E-state index contributed by atoms with van der Waals surface area (Å²) in [5.41, 5.74) is 1.65. The van der Waals surface area contributed by atoms with Gasteiger partial charge in [0.05, 0.1) is 12.3 Å². The van der Waals surface area contributed by atoms with Crippen LogP contribution in [0.5, 0.6) is 0 Å². The van der Waals surface area contributed by atoms with E-state index in [1.807, 2.05) is 0 Å². The summed E-state index contributed by atoms with van der Waals surface area (Å²) in [6, 6.07) is 0. The number of aromatic nitrogens is 1. The van der Waals surface area contributed by atoms with Gasteiger partial charge < -0.3 is 15.0 Å². The van der Waals surface area contributed by atoms with E-state index in [9.17, 15) is 9.59 Å². The molecule has 1 fully saturated rings. The predicted molar refractivity (Wildman–Crippen MR) is 81.3 cm³/mol. The van der Waals surface area contributed by atoms with Crippen LogP contribution in [0.15, 0.2) is 6.20 Å². The van der Waals surface area contributed by atoms with E-state index in [0.717, 1.165) is 12.8 Å². The fourth-order valence-electron chi connectivity index (χ4n) is 2.95. The van der Waals surface area contributed by atoms with Crippen LogP contribution in [0.2, 0.25) is 0 Å². The number of aryl methyl sites for hydroxylation is 1. The van der Waals surface area contributed by atoms with Crippen molar-refractivity contribution in [3.05, 3.63) is 17.5 Å². The van der Waals surface area contributed by atoms with E-state index in [1.165, 1.54) is 19.3 Å². The van der Waals surface area contributed by atoms with Crippen LogP contribution in [0.3, 0.4) is 0 Å². The Morgan fingerprint density at radius 1 is 1.33 bits per heavy atom. The maximum atomic E-state index is 12.1. The Bertz CT molecular complexity index is 502. The summed E-state index contributed by atoms with van der Waals surface area (Å²) < 4.78 is 5.03. The minimum atomic E-state index is -0.399. The van der Waals surface area contributed by atoms with Gasteiger partial charge in [0.15, 0.2) is 0 Å². The highest BCUT2D eigenvalue weighted by Gasteiger charge is 2.21. The van der Waals surface area contributed by atoms with Gasteiger partial charge in [-0.25, -0.2) is 4.79 Å². The normalized spacial score (nSPS) is 15.7. The molecule has 1 aromatic rings. The van der Waals surface area contributed by atoms with Crippen molar-refractivity contribution in [1.82, 2.24) is 4.98 Å². The summed E-state index contributed by atoms with van der Waals surface area (Å²) >= 11 is 0. The van der Waals surface area contributed by atoms with Crippen molar-refractivity contribution in [2.45, 2.75) is 52.4 Å². The molecule has 0 aromatic carbocycles. The number of rotatable bonds is 5. The summed E-state index contributed by atoms with van der Waals surface area (Å²) in [5.74, 6) is 0.0560. The van der Waals surface area contributed by atoms with Crippen molar-refractivity contribution in [2.75, 3.05) is 11.9 Å². The van der Waals surface area contributed by atoms with Gasteiger partial charge in [0.2, 0.25) is 5.91 Å². The van der Waals surface area contributed by atoms with E-state index < -0.39 is 5.97 Å². The van der Waals surface area contributed by atoms with E-state index in [1.54, 1.807) is 20.0 Å². The lowest BCUT2D eigenvalue weighted by Crippen LogP contribution is -2.19. The first-order valence-electron chi connectivity index (χ1n) is 7.76. The summed E-state index contributed by atoms with van der Waals surface area (Å²) in [6.45, 7) is 3.88. The van der Waals surface area contributed by atoms with Gasteiger partial charge >= 0.3 is 5.97 Å². The fourth-order valence-corrected chi connectivity index (χ4v) is 2.95. The van der Waals surface area contributed by atoms with Crippen molar-refractivity contribution in [3.63, 3.8) is 0 Å². The van der Waals surface area contributed by atoms with Crippen LogP contribution in [-0.4, -0.2) is 23.5 Å². The van der Waals surface area contributed by atoms with Gasteiger partial charge in [0.1, 0.15) is 5.56 Å². The Balaban J connectivity index is 1.98. The summed E-state index contributed by atoms with van der Waals surface area (Å²) in [6.07, 6.45) is 8.16. The first-order chi connectivity index (χ1) is 10.1. The quantitative estimate of drug-likeness (QED) is 0.817. The third-order valence-corrected chi connectivity index (χ3v) is 4.03. The van der Waals surface area contributed by atoms with Crippen LogP contribution < -0.4 is 5.32 Å². The number of nitrogens with one attached hydrogen (secondary N) is 2. The fraction of sp³-hybridized carbons (Fsp3) is 0.625. The van der Waals surface area contributed by atoms with Gasteiger partial charge in [-0.05, 0) is 32.6 Å². The number of aromatic amines is 1. The molecule has 0 aliphatic heterocycles. The molecule has 5 heteroatoms. The average Bonchev–Trinajstić information content (AvgIpc) is 2.81. The van der Waals surface area contributed by atoms with Gasteiger partial charge in [0, 0.05) is 18.3 Å². The summed E-state index contributed by atoms with van der Waals surface area (Å²) in [5, 5.41) is 2.85. The van der Waals surface area contributed by atoms with E-state index in [4.69, 9.17) is 4.74 Å². The lowest BCUT2D eigenvalue weighted by atomic mass is 9.87. The third kappa shape index (κ3) is 4.09. The highest BCUT2D eigenvalue weighted by Crippen LogP contribution is 2.27. The summed E-state index contributed by atoms with van der Waals surface area (Å²) in [4.78, 5) is 27.0. The molecule has 2 N–H and O–H groups in total. The molecule has 1 amide bonds. The second-order valence-corrected chi connectivity index (χ2v) is 5.68. The molecule has 1 aliphatic carbocycles. The van der Waals surface area contributed by atoms with Gasteiger partial charge in [0.25, 0.3) is 0 Å². The minimum Gasteiger partial charge on any atom is -0.462 e. The van der Waals surface area contributed by atoms with E-state index in [-0.39, 0.29) is 5.91 Å². The topological polar surface area (TPSA) is 71.2 Å². The van der Waals surface area contributed by atoms with Crippen LogP contribution in [0.25, 0.3) is 0 Å². The van der Waals surface area contributed by atoms with Crippen molar-refractivity contribution >= 4 is 17.6 Å². The van der Waals surface area contributed by atoms with Crippen LogP contribution >= 0.6 is 0 Å². The number of esters is 1. The molecule has 0 spiro atoms. The lowest BCUT2D eigenvalue weighted by Gasteiger charge is -2.20. The predicted octanol–water partition coefficient (Wildman–Crippen LogP) is 3.41. The first kappa shape index (κ1) is 15.6. The molecule has 0 atom stereocenters. The molecule has 1 aliphatic rings. The van der Waals surface area contributed by atoms with Gasteiger partial charge in [-0.2, -0.15) is 0 Å². The number of ether oxygens (including phenoxy) is 1. The van der Waals surface area contributed by atoms with Crippen molar-refractivity contribution in [1.29, 1.82) is 0 Å². The minimum absolute atomic E-state index is 0.0218. The third-order valence-electron chi connectivity index (χ3n) is 4.03. The number of carbonyl (C=O) groups is 2. The molecule has 0 saturated heterocycles. The van der Waals surface area contributed by atoms with Crippen molar-refractivity contribution < 1.29 is 14.3 Å². The van der Waals surface area contributed by atoms with E-state index in [2.05, 4.69) is 10.3 Å². The number of hydrogen-bond acceptors (Lipinski definition) is 3. The molecular formula is C16H24N2O3. The molecule has 1 aromatic heterocycles. The SMILES string of the molecule is CCOC(=O)c1c(NC(=O)CC2CCCCC2)c[nH]c1C. The zero-order valence-electron chi connectivity index (χ0n) is 12.8. The number of anilines is 1. The highest BCUT2D eigenvalue weighted by atomic mass is 16.5. The average molecular weight is 292 g/mol. The number of carbonyl (C=O) groups excluding carboxylic acids is 2. The molecule has 0 radical (unpaired) electrons. The maximum Gasteiger partial charge on any atom is 0.342 e. The van der Waals surface area contributed by atoms with Gasteiger partial charge in [-0.1, -0.05) is 19.3 Å². The number of hydrogen-bond donors (Lipinski definition) is 2. The standard InChI is InChI=1S/C16H24N2O3/c1-3-21-16(20)15-11(2)17-10-13(15)18-14(19)9-12-7-5-4-6-8-12/h10,12,17H,3-9H2,1-2H3,(H,18,19). The maximum absolute atomic E-state index is 12.1. The lowest BCUT2D eigenvalue weighted by molar-refractivity contribution is -0.117. The Morgan fingerprint density at radius 3 is 2.71 bits per heavy atom. The second kappa shape index (κ2) is 7.29. The Labute approximate surface area is 125 Å². The van der Waals surface area contributed by atoms with Crippen LogP contribution in [-0.2, 0) is 9.53 Å². The Hall–Kier alpha value is -1.78. The zero-order chi connectivity index (χ0) is 15.2. The first-order valence-corrected chi connectivity index (χ1v) is 7.76. The molecule has 1 heterocycles. The highest BCUT2D eigenvalue weighted by molar-refractivity contribution is 6.02. The molecular weight excluding hydrogens is 268 g/mol. The largest absolute Gasteiger partial charge is 0.462 e. The Morgan fingerprint density at radius 2 is 2.05 bits per heavy atom. The number of amides is 1. The summed E-state index contributed by atoms with van der Waals surface area (Å²) in [7, 11) is 0. The van der Waals surface area contributed by atoms with Crippen LogP contribution in [0, 0.1) is 12.8 Å². The molecule has 21 heavy (non-hydrogen) atoms. The molecule has 5 nitrogen and oxygen atoms in total. The van der Waals surface area contributed by atoms with E-state index >= 15 is 0 Å². The molecule has 0 unspecified atom stereocenters. The molecule has 0 bridgehead atoms. The monoisotopic (exact) mass is 292 g/mol. The second-order valence-electron chi connectivity index (χ2n) is 5.68. The zero-order valence-corrected chi connectivity index (χ0v) is 12.8. The van der Waals surface area contributed by atoms with E-state index in [0.29, 0.717) is 35.9 Å². The molecule has 1 saturated carbocycles. The molecule has 2 rings (SSSR count). The van der Waals surface area contributed by atoms with Gasteiger partial charge in [-0.3, -0.25) is 4.79 Å². The van der Waals surface area contributed by atoms with Gasteiger partial charge in [-0.15, -0.1) is 0 Å². The van der Waals surface area contributed by atoms with Crippen molar-refractivity contribution in [3.8, 4) is 0 Å².